The SMILES string of the molecule is COc1cc(C(=O)Oc2ccc3c(c2C)O/C(=C\c2cc(Br)cc4c2OCOC4)C3=O)cc(OC)c1OC. The van der Waals surface area contributed by atoms with Gasteiger partial charge in [-0.2, -0.15) is 0 Å². The summed E-state index contributed by atoms with van der Waals surface area (Å²) in [6, 6.07) is 9.88. The molecule has 0 amide bonds. The minimum absolute atomic E-state index is 0.125. The molecule has 2 aliphatic heterocycles. The van der Waals surface area contributed by atoms with E-state index in [2.05, 4.69) is 15.9 Å². The van der Waals surface area contributed by atoms with Crippen LogP contribution in [0.2, 0.25) is 0 Å². The van der Waals surface area contributed by atoms with Crippen molar-refractivity contribution in [3.8, 4) is 34.5 Å². The zero-order valence-corrected chi connectivity index (χ0v) is 22.6. The lowest BCUT2D eigenvalue weighted by atomic mass is 10.0. The first kappa shape index (κ1) is 25.6. The number of hydrogen-bond donors (Lipinski definition) is 0. The van der Waals surface area contributed by atoms with Crippen LogP contribution in [0.25, 0.3) is 6.08 Å². The zero-order valence-electron chi connectivity index (χ0n) is 21.0. The van der Waals surface area contributed by atoms with Crippen molar-refractivity contribution in [2.45, 2.75) is 13.5 Å². The Labute approximate surface area is 226 Å². The Morgan fingerprint density at radius 3 is 2.39 bits per heavy atom. The van der Waals surface area contributed by atoms with Gasteiger partial charge in [0.05, 0.1) is 39.1 Å². The van der Waals surface area contributed by atoms with Crippen LogP contribution in [0, 0.1) is 6.92 Å². The van der Waals surface area contributed by atoms with E-state index in [0.717, 1.165) is 10.0 Å². The fourth-order valence-electron chi connectivity index (χ4n) is 4.29. The smallest absolute Gasteiger partial charge is 0.343 e. The molecule has 0 N–H and O–H groups in total. The Morgan fingerprint density at radius 1 is 0.974 bits per heavy atom. The van der Waals surface area contributed by atoms with E-state index in [4.69, 9.17) is 33.2 Å². The van der Waals surface area contributed by atoms with Gasteiger partial charge in [0.2, 0.25) is 11.5 Å². The number of allylic oxidation sites excluding steroid dienone is 1. The third-order valence-electron chi connectivity index (χ3n) is 6.13. The molecule has 3 aromatic carbocycles. The fraction of sp³-hybridized carbons (Fsp3) is 0.214. The number of ketones is 1. The molecule has 0 fully saturated rings. The first-order valence-corrected chi connectivity index (χ1v) is 12.3. The molecule has 0 unspecified atom stereocenters. The molecule has 38 heavy (non-hydrogen) atoms. The second kappa shape index (κ2) is 10.4. The molecule has 0 saturated heterocycles. The van der Waals surface area contributed by atoms with E-state index < -0.39 is 5.97 Å². The Hall–Kier alpha value is -4.02. The van der Waals surface area contributed by atoms with Crippen LogP contribution in [0.1, 0.15) is 37.4 Å². The summed E-state index contributed by atoms with van der Waals surface area (Å²) in [6.07, 6.45) is 1.64. The number of halogens is 1. The zero-order chi connectivity index (χ0) is 27.0. The molecule has 0 aliphatic carbocycles. The molecule has 2 heterocycles. The first-order valence-electron chi connectivity index (χ1n) is 11.5. The van der Waals surface area contributed by atoms with E-state index in [0.29, 0.717) is 52.0 Å². The van der Waals surface area contributed by atoms with Crippen LogP contribution in [0.5, 0.6) is 34.5 Å². The molecule has 5 rings (SSSR count). The lowest BCUT2D eigenvalue weighted by Gasteiger charge is -2.20. The average Bonchev–Trinajstić information content (AvgIpc) is 3.24. The quantitative estimate of drug-likeness (QED) is 0.212. The van der Waals surface area contributed by atoms with Crippen LogP contribution in [0.15, 0.2) is 46.6 Å². The fourth-order valence-corrected chi connectivity index (χ4v) is 4.82. The van der Waals surface area contributed by atoms with Crippen LogP contribution in [0.3, 0.4) is 0 Å². The van der Waals surface area contributed by atoms with Crippen LogP contribution in [0.4, 0.5) is 0 Å². The second-order valence-corrected chi connectivity index (χ2v) is 9.32. The minimum Gasteiger partial charge on any atom is -0.493 e. The molecule has 0 aromatic heterocycles. The number of Topliss-reactive ketones (excluding diaryl/α,β-unsaturated/α-hetero) is 1. The Kier molecular flexibility index (Phi) is 7.00. The summed E-state index contributed by atoms with van der Waals surface area (Å²) in [5, 5.41) is 0. The maximum Gasteiger partial charge on any atom is 0.343 e. The molecule has 3 aromatic rings. The van der Waals surface area contributed by atoms with E-state index in [-0.39, 0.29) is 29.6 Å². The number of ether oxygens (including phenoxy) is 7. The molecular weight excluding hydrogens is 560 g/mol. The maximum atomic E-state index is 13.1. The monoisotopic (exact) mass is 582 g/mol. The van der Waals surface area contributed by atoms with Gasteiger partial charge in [0.25, 0.3) is 0 Å². The lowest BCUT2D eigenvalue weighted by molar-refractivity contribution is -0.0165. The van der Waals surface area contributed by atoms with E-state index in [1.807, 2.05) is 12.1 Å². The summed E-state index contributed by atoms with van der Waals surface area (Å²) in [6.45, 7) is 2.24. The van der Waals surface area contributed by atoms with Gasteiger partial charge >= 0.3 is 5.97 Å². The number of rotatable bonds is 6. The third-order valence-corrected chi connectivity index (χ3v) is 6.59. The highest BCUT2D eigenvalue weighted by Crippen LogP contribution is 2.42. The van der Waals surface area contributed by atoms with Gasteiger partial charge in [-0.05, 0) is 49.4 Å². The van der Waals surface area contributed by atoms with Crippen molar-refractivity contribution >= 4 is 33.8 Å². The molecule has 196 valence electrons. The van der Waals surface area contributed by atoms with Crippen molar-refractivity contribution in [3.05, 3.63) is 74.4 Å². The van der Waals surface area contributed by atoms with E-state index in [9.17, 15) is 9.59 Å². The second-order valence-electron chi connectivity index (χ2n) is 8.40. The number of fused-ring (bicyclic) bond motifs is 2. The number of methoxy groups -OCH3 is 3. The van der Waals surface area contributed by atoms with Crippen LogP contribution < -0.4 is 28.4 Å². The number of hydrogen-bond acceptors (Lipinski definition) is 9. The van der Waals surface area contributed by atoms with Crippen molar-refractivity contribution in [2.24, 2.45) is 0 Å². The predicted molar refractivity (Wildman–Crippen MR) is 140 cm³/mol. The van der Waals surface area contributed by atoms with Crippen molar-refractivity contribution < 1.29 is 42.7 Å². The Bertz CT molecular complexity index is 1470. The van der Waals surface area contributed by atoms with Crippen molar-refractivity contribution in [2.75, 3.05) is 28.1 Å². The van der Waals surface area contributed by atoms with Crippen LogP contribution in [-0.4, -0.2) is 39.9 Å². The van der Waals surface area contributed by atoms with Gasteiger partial charge in [0.15, 0.2) is 24.1 Å². The Balaban J connectivity index is 1.44. The maximum absolute atomic E-state index is 13.1. The average molecular weight is 583 g/mol. The third kappa shape index (κ3) is 4.57. The number of esters is 1. The van der Waals surface area contributed by atoms with Crippen molar-refractivity contribution in [3.63, 3.8) is 0 Å². The van der Waals surface area contributed by atoms with Gasteiger partial charge in [0, 0.05) is 21.2 Å². The van der Waals surface area contributed by atoms with Crippen molar-refractivity contribution in [1.82, 2.24) is 0 Å². The molecule has 0 spiro atoms. The van der Waals surface area contributed by atoms with Gasteiger partial charge in [-0.15, -0.1) is 0 Å². The minimum atomic E-state index is -0.646. The Morgan fingerprint density at radius 2 is 1.71 bits per heavy atom. The molecule has 0 saturated carbocycles. The standard InChI is InChI=1S/C28H23BrO9/c1-14-20(38-28(31)16-10-22(32-2)27(34-4)23(11-16)33-3)6-5-19-24(30)21(37-25(14)19)9-15-7-18(29)8-17-12-35-13-36-26(15)17/h5-11H,12-13H2,1-4H3/b21-9-. The highest BCUT2D eigenvalue weighted by atomic mass is 79.9. The van der Waals surface area contributed by atoms with Gasteiger partial charge in [-0.3, -0.25) is 4.79 Å². The van der Waals surface area contributed by atoms with Crippen LogP contribution in [-0.2, 0) is 11.3 Å². The topological polar surface area (TPSA) is 98.8 Å². The number of carbonyl (C=O) groups is 2. The molecular formula is C28H23BrO9. The van der Waals surface area contributed by atoms with Crippen LogP contribution >= 0.6 is 15.9 Å². The van der Waals surface area contributed by atoms with Gasteiger partial charge in [0.1, 0.15) is 17.2 Å². The summed E-state index contributed by atoms with van der Waals surface area (Å²) >= 11 is 3.49. The highest BCUT2D eigenvalue weighted by molar-refractivity contribution is 9.10. The lowest BCUT2D eigenvalue weighted by Crippen LogP contribution is -2.12. The van der Waals surface area contributed by atoms with Gasteiger partial charge < -0.3 is 33.2 Å². The summed E-state index contributed by atoms with van der Waals surface area (Å²) in [5.74, 6) is 1.40. The summed E-state index contributed by atoms with van der Waals surface area (Å²) in [4.78, 5) is 26.2. The van der Waals surface area contributed by atoms with Gasteiger partial charge in [-0.1, -0.05) is 15.9 Å². The van der Waals surface area contributed by atoms with E-state index in [1.54, 1.807) is 25.1 Å². The summed E-state index contributed by atoms with van der Waals surface area (Å²) < 4.78 is 39.4. The summed E-state index contributed by atoms with van der Waals surface area (Å²) in [7, 11) is 4.39. The van der Waals surface area contributed by atoms with E-state index >= 15 is 0 Å². The highest BCUT2D eigenvalue weighted by Gasteiger charge is 2.31. The summed E-state index contributed by atoms with van der Waals surface area (Å²) in [5.41, 5.74) is 2.61. The largest absolute Gasteiger partial charge is 0.493 e. The molecule has 10 heteroatoms. The van der Waals surface area contributed by atoms with E-state index in [1.165, 1.54) is 33.5 Å². The predicted octanol–water partition coefficient (Wildman–Crippen LogP) is 5.49. The molecule has 0 radical (unpaired) electrons. The number of benzene rings is 3. The number of carbonyl (C=O) groups excluding carboxylic acids is 2. The normalized spacial score (nSPS) is 14.8. The van der Waals surface area contributed by atoms with Gasteiger partial charge in [-0.25, -0.2) is 4.79 Å². The first-order chi connectivity index (χ1) is 18.3. The molecule has 9 nitrogen and oxygen atoms in total. The molecule has 0 atom stereocenters. The molecule has 0 bridgehead atoms. The van der Waals surface area contributed by atoms with Crippen molar-refractivity contribution in [1.29, 1.82) is 0 Å². The molecule has 2 aliphatic rings.